The zero-order chi connectivity index (χ0) is 43.4. The Morgan fingerprint density at radius 3 is 1.63 bits per heavy atom. The molecule has 0 saturated heterocycles. The Labute approximate surface area is 332 Å². The molecule has 27 heteroatoms. The molecule has 59 heavy (non-hydrogen) atoms. The number of ketones is 1. The number of benzene rings is 4. The van der Waals surface area contributed by atoms with Gasteiger partial charge < -0.3 is 32.3 Å². The Morgan fingerprint density at radius 1 is 0.644 bits per heavy atom. The zero-order valence-electron chi connectivity index (χ0n) is 29.4. The number of fused-ring (bicyclic) bond motifs is 1. The molecule has 0 atom stereocenters. The van der Waals surface area contributed by atoms with Crippen LogP contribution in [0.2, 0.25) is 0 Å². The number of nitrogens with zero attached hydrogens (tertiary/aromatic N) is 5. The van der Waals surface area contributed by atoms with Gasteiger partial charge in [0.15, 0.2) is 5.71 Å². The number of Topliss-reactive ketones (excluding diaryl/α,β-unsaturated/α-hetero) is 1. The highest BCUT2D eigenvalue weighted by molar-refractivity contribution is 7.91. The average molecular weight is 873 g/mol. The van der Waals surface area contributed by atoms with Gasteiger partial charge in [-0.15, -0.1) is 10.2 Å². The summed E-state index contributed by atoms with van der Waals surface area (Å²) in [6.45, 7) is -1.41. The standard InChI is InChI=1S/C32H28N10O14S3/c33-20-9-24(35-13-29(43)44)26(57(48,49)50)11-22(20)40-37-16-2-1-3-17(7-16)39-42-31-28(59(54,55)56)6-15-4-5-18(8-19(15)32(31)47)38-41-23-12-27(58(51,52)53)25(10-21(23)34)36-14-30(45)46/h1-12,35-36,39H,13-14,33-34H2,(H,43,44)(H,45,46)(H,48,49,50)(H,51,52,53)(H,54,55,56). The summed E-state index contributed by atoms with van der Waals surface area (Å²) in [5.41, 5.74) is 12.1. The number of carboxylic acid groups (broad SMARTS) is 2. The number of nitrogens with two attached hydrogens (primary N) is 2. The van der Waals surface area contributed by atoms with Crippen LogP contribution in [0.4, 0.5) is 51.2 Å². The van der Waals surface area contributed by atoms with Crippen molar-refractivity contribution in [1.82, 2.24) is 0 Å². The van der Waals surface area contributed by atoms with Gasteiger partial charge in [-0.1, -0.05) is 12.1 Å². The molecule has 4 aromatic carbocycles. The van der Waals surface area contributed by atoms with Crippen LogP contribution in [0.3, 0.4) is 0 Å². The Balaban J connectivity index is 1.43. The Bertz CT molecular complexity index is 2900. The number of rotatable bonds is 15. The molecule has 0 saturated carbocycles. The molecule has 0 aromatic heterocycles. The van der Waals surface area contributed by atoms with Crippen LogP contribution in [0.5, 0.6) is 0 Å². The number of aliphatic carboxylic acids is 2. The van der Waals surface area contributed by atoms with Crippen LogP contribution in [0, 0.1) is 0 Å². The molecule has 12 N–H and O–H groups in total. The van der Waals surface area contributed by atoms with Crippen molar-refractivity contribution in [3.8, 4) is 0 Å². The van der Waals surface area contributed by atoms with Gasteiger partial charge in [-0.2, -0.15) is 40.6 Å². The molecule has 0 amide bonds. The minimum Gasteiger partial charge on any atom is -0.480 e. The third-order valence-corrected chi connectivity index (χ3v) is 10.3. The summed E-state index contributed by atoms with van der Waals surface area (Å²) in [5.74, 6) is -3.67. The predicted molar refractivity (Wildman–Crippen MR) is 210 cm³/mol. The maximum absolute atomic E-state index is 13.7. The molecule has 0 fully saturated rings. The summed E-state index contributed by atoms with van der Waals surface area (Å²) in [4.78, 5) is 33.2. The molecule has 4 aromatic rings. The van der Waals surface area contributed by atoms with Gasteiger partial charge in [0.05, 0.1) is 39.8 Å². The molecule has 5 rings (SSSR count). The maximum atomic E-state index is 13.7. The van der Waals surface area contributed by atoms with Crippen LogP contribution in [0.25, 0.3) is 6.08 Å². The first-order valence-corrected chi connectivity index (χ1v) is 20.2. The molecule has 0 spiro atoms. The number of hydrogen-bond acceptors (Lipinski definition) is 19. The van der Waals surface area contributed by atoms with E-state index in [-0.39, 0.29) is 62.3 Å². The number of carbonyl (C=O) groups excluding carboxylic acids is 1. The van der Waals surface area contributed by atoms with E-state index in [0.717, 1.165) is 30.3 Å². The molecule has 1 aliphatic carbocycles. The minimum atomic E-state index is -5.05. The van der Waals surface area contributed by atoms with Gasteiger partial charge in [-0.05, 0) is 66.2 Å². The molecule has 308 valence electrons. The van der Waals surface area contributed by atoms with Crippen LogP contribution in [0.1, 0.15) is 15.9 Å². The first-order valence-electron chi connectivity index (χ1n) is 15.9. The van der Waals surface area contributed by atoms with E-state index in [1.54, 1.807) is 0 Å². The van der Waals surface area contributed by atoms with E-state index < -0.39 is 81.6 Å². The van der Waals surface area contributed by atoms with E-state index in [4.69, 9.17) is 21.7 Å². The second-order valence-electron chi connectivity index (χ2n) is 11.9. The van der Waals surface area contributed by atoms with Crippen molar-refractivity contribution in [1.29, 1.82) is 0 Å². The number of hydrogen-bond donors (Lipinski definition) is 10. The van der Waals surface area contributed by atoms with Gasteiger partial charge in [0.1, 0.15) is 39.2 Å². The number of nitrogens with one attached hydrogen (secondary N) is 3. The largest absolute Gasteiger partial charge is 0.480 e. The quantitative estimate of drug-likeness (QED) is 0.0348. The van der Waals surface area contributed by atoms with E-state index in [2.05, 4.69) is 41.6 Å². The highest BCUT2D eigenvalue weighted by Gasteiger charge is 2.33. The van der Waals surface area contributed by atoms with Crippen molar-refractivity contribution in [3.05, 3.63) is 82.8 Å². The number of hydrazone groups is 1. The maximum Gasteiger partial charge on any atom is 0.322 e. The molecule has 0 aliphatic heterocycles. The van der Waals surface area contributed by atoms with Crippen molar-refractivity contribution < 1.29 is 63.5 Å². The lowest BCUT2D eigenvalue weighted by atomic mass is 9.94. The van der Waals surface area contributed by atoms with E-state index in [1.165, 1.54) is 42.5 Å². The monoisotopic (exact) mass is 872 g/mol. The van der Waals surface area contributed by atoms with E-state index in [0.29, 0.717) is 0 Å². The molecular formula is C32H28N10O14S3. The fourth-order valence-corrected chi connectivity index (χ4v) is 7.05. The van der Waals surface area contributed by atoms with Crippen molar-refractivity contribution >= 4 is 111 Å². The lowest BCUT2D eigenvalue weighted by molar-refractivity contribution is -0.135. The normalized spacial score (nSPS) is 14.0. The Hall–Kier alpha value is -7.17. The van der Waals surface area contributed by atoms with Crippen LogP contribution in [0.15, 0.2) is 107 Å². The van der Waals surface area contributed by atoms with E-state index >= 15 is 0 Å². The van der Waals surface area contributed by atoms with Crippen molar-refractivity contribution in [2.24, 2.45) is 25.6 Å². The lowest BCUT2D eigenvalue weighted by Gasteiger charge is -2.16. The first-order chi connectivity index (χ1) is 27.5. The van der Waals surface area contributed by atoms with Gasteiger partial charge in [0.25, 0.3) is 30.4 Å². The number of carboxylic acids is 2. The fraction of sp³-hybridized carbons (Fsp3) is 0.0625. The summed E-state index contributed by atoms with van der Waals surface area (Å²) in [7, 11) is -14.8. The summed E-state index contributed by atoms with van der Waals surface area (Å²) in [6.07, 6.45) is 0.963. The fourth-order valence-electron chi connectivity index (χ4n) is 5.05. The van der Waals surface area contributed by atoms with Gasteiger partial charge in [-0.25, -0.2) is 0 Å². The van der Waals surface area contributed by atoms with Crippen LogP contribution in [-0.2, 0) is 39.9 Å². The molecule has 1 aliphatic rings. The van der Waals surface area contributed by atoms with Crippen LogP contribution >= 0.6 is 0 Å². The second kappa shape index (κ2) is 16.7. The van der Waals surface area contributed by atoms with Crippen molar-refractivity contribution in [3.63, 3.8) is 0 Å². The number of anilines is 5. The SMILES string of the molecule is Nc1cc(NCC(=O)O)c(S(=O)(=O)O)cc1N=Nc1cccc(NN=C2C(=O)c3cc(N=Nc4cc(S(=O)(=O)O)c(NCC(=O)O)cc4N)ccc3C=C2S(=O)(=O)O)c1. The number of nitrogen functional groups attached to an aromatic ring is 2. The van der Waals surface area contributed by atoms with Crippen molar-refractivity contribution in [2.45, 2.75) is 9.79 Å². The van der Waals surface area contributed by atoms with Crippen molar-refractivity contribution in [2.75, 3.05) is 40.6 Å². The predicted octanol–water partition coefficient (Wildman–Crippen LogP) is 4.06. The van der Waals surface area contributed by atoms with Gasteiger partial charge >= 0.3 is 11.9 Å². The summed E-state index contributed by atoms with van der Waals surface area (Å²) in [6, 6.07) is 13.0. The highest BCUT2D eigenvalue weighted by Crippen LogP contribution is 2.36. The van der Waals surface area contributed by atoms with E-state index in [9.17, 15) is 53.3 Å². The molecular weight excluding hydrogens is 845 g/mol. The highest BCUT2D eigenvalue weighted by atomic mass is 32.2. The Morgan fingerprint density at radius 2 is 1.15 bits per heavy atom. The molecule has 0 radical (unpaired) electrons. The average Bonchev–Trinajstić information content (AvgIpc) is 3.13. The van der Waals surface area contributed by atoms with Gasteiger partial charge in [0, 0.05) is 5.56 Å². The molecule has 0 bridgehead atoms. The third-order valence-electron chi connectivity index (χ3n) is 7.66. The van der Waals surface area contributed by atoms with E-state index in [1.807, 2.05) is 0 Å². The number of allylic oxidation sites excluding steroid dienone is 1. The topological polar surface area (TPSA) is 405 Å². The van der Waals surface area contributed by atoms with Gasteiger partial charge in [-0.3, -0.25) is 33.5 Å². The minimum absolute atomic E-state index is 0.0205. The number of azo groups is 2. The number of carbonyl (C=O) groups is 3. The van der Waals surface area contributed by atoms with Crippen LogP contribution in [-0.4, -0.2) is 85.6 Å². The summed E-state index contributed by atoms with van der Waals surface area (Å²) in [5, 5.41) is 42.1. The lowest BCUT2D eigenvalue weighted by Crippen LogP contribution is -2.27. The molecule has 0 heterocycles. The summed E-state index contributed by atoms with van der Waals surface area (Å²) >= 11 is 0. The first kappa shape index (κ1) is 43.0. The molecule has 0 unspecified atom stereocenters. The summed E-state index contributed by atoms with van der Waals surface area (Å²) < 4.78 is 102. The van der Waals surface area contributed by atoms with Crippen LogP contribution < -0.4 is 27.5 Å². The third kappa shape index (κ3) is 10.6. The molecule has 24 nitrogen and oxygen atoms in total. The Kier molecular flexibility index (Phi) is 12.2. The van der Waals surface area contributed by atoms with Gasteiger partial charge in [0.2, 0.25) is 5.78 Å². The second-order valence-corrected chi connectivity index (χ2v) is 16.0. The zero-order valence-corrected chi connectivity index (χ0v) is 31.8. The smallest absolute Gasteiger partial charge is 0.322 e.